The number of nitrogens with one attached hydrogen (secondary N) is 1. The molecule has 0 aliphatic heterocycles. The van der Waals surface area contributed by atoms with E-state index in [0.29, 0.717) is 17.2 Å². The number of hydrogen-bond donors (Lipinski definition) is 2. The van der Waals surface area contributed by atoms with E-state index in [1.54, 1.807) is 13.1 Å². The molecule has 2 aromatic heterocycles. The Morgan fingerprint density at radius 3 is 3.00 bits per heavy atom. The van der Waals surface area contributed by atoms with Crippen LogP contribution in [0.25, 0.3) is 22.4 Å². The Morgan fingerprint density at radius 2 is 2.28 bits per heavy atom. The van der Waals surface area contributed by atoms with Gasteiger partial charge in [-0.1, -0.05) is 6.07 Å². The molecular weight excluding hydrogens is 232 g/mol. The van der Waals surface area contributed by atoms with Crippen molar-refractivity contribution in [2.24, 2.45) is 5.73 Å². The second-order valence-electron chi connectivity index (χ2n) is 3.93. The van der Waals surface area contributed by atoms with Crippen LogP contribution in [0.3, 0.4) is 0 Å². The number of aryl methyl sites for hydroxylation is 1. The largest absolute Gasteiger partial charge is 0.441 e. The van der Waals surface area contributed by atoms with Gasteiger partial charge in [-0.25, -0.2) is 9.97 Å². The zero-order valence-corrected chi connectivity index (χ0v) is 9.60. The molecule has 6 nitrogen and oxygen atoms in total. The van der Waals surface area contributed by atoms with Crippen LogP contribution in [-0.2, 0) is 0 Å². The number of H-pyrrole nitrogens is 1. The molecule has 0 aliphatic carbocycles. The molecule has 0 spiro atoms. The summed E-state index contributed by atoms with van der Waals surface area (Å²) >= 11 is 0. The van der Waals surface area contributed by atoms with Gasteiger partial charge in [0.05, 0.1) is 11.9 Å². The van der Waals surface area contributed by atoms with Crippen LogP contribution >= 0.6 is 0 Å². The minimum atomic E-state index is -0.585. The van der Waals surface area contributed by atoms with Crippen LogP contribution in [0.2, 0.25) is 0 Å². The molecule has 3 rings (SSSR count). The van der Waals surface area contributed by atoms with Crippen molar-refractivity contribution in [3.63, 3.8) is 0 Å². The Morgan fingerprint density at radius 1 is 1.44 bits per heavy atom. The summed E-state index contributed by atoms with van der Waals surface area (Å²) in [4.78, 5) is 21.9. The van der Waals surface area contributed by atoms with Crippen molar-refractivity contribution in [2.45, 2.75) is 6.92 Å². The smallest absolute Gasteiger partial charge is 0.284 e. The maximum Gasteiger partial charge on any atom is 0.284 e. The van der Waals surface area contributed by atoms with E-state index in [9.17, 15) is 4.79 Å². The molecule has 6 heteroatoms. The van der Waals surface area contributed by atoms with E-state index in [1.165, 1.54) is 0 Å². The number of benzene rings is 1. The summed E-state index contributed by atoms with van der Waals surface area (Å²) in [5.74, 6) is 0.168. The van der Waals surface area contributed by atoms with Crippen molar-refractivity contribution in [3.05, 3.63) is 36.1 Å². The number of carbonyl (C=O) groups excluding carboxylic acids is 1. The Labute approximate surface area is 102 Å². The molecule has 0 saturated heterocycles. The van der Waals surface area contributed by atoms with E-state index < -0.39 is 5.91 Å². The molecule has 0 aliphatic rings. The number of fused-ring (bicyclic) bond motifs is 1. The van der Waals surface area contributed by atoms with Gasteiger partial charge in [0, 0.05) is 12.5 Å². The summed E-state index contributed by atoms with van der Waals surface area (Å²) in [5, 5.41) is 0. The Bertz CT molecular complexity index is 741. The standard InChI is InChI=1S/C12H10N4O2/c1-6-15-8-3-2-7(4-10(8)18-6)9-5-14-12(16-9)11(13)17/h2-5H,1H3,(H2,13,17)(H,14,16). The van der Waals surface area contributed by atoms with Gasteiger partial charge in [0.1, 0.15) is 5.52 Å². The first kappa shape index (κ1) is 10.5. The van der Waals surface area contributed by atoms with E-state index in [2.05, 4.69) is 15.0 Å². The first-order chi connectivity index (χ1) is 8.63. The highest BCUT2D eigenvalue weighted by atomic mass is 16.3. The lowest BCUT2D eigenvalue weighted by molar-refractivity contribution is 0.0991. The number of imidazole rings is 1. The van der Waals surface area contributed by atoms with E-state index in [0.717, 1.165) is 11.1 Å². The number of aromatic amines is 1. The number of amides is 1. The number of carbonyl (C=O) groups is 1. The number of aromatic nitrogens is 3. The molecule has 0 bridgehead atoms. The Hall–Kier alpha value is -2.63. The lowest BCUT2D eigenvalue weighted by Crippen LogP contribution is -2.12. The number of hydrogen-bond acceptors (Lipinski definition) is 4. The van der Waals surface area contributed by atoms with Crippen LogP contribution in [0.5, 0.6) is 0 Å². The summed E-state index contributed by atoms with van der Waals surface area (Å²) < 4.78 is 5.45. The summed E-state index contributed by atoms with van der Waals surface area (Å²) in [5.41, 5.74) is 8.20. The number of nitrogens with zero attached hydrogens (tertiary/aromatic N) is 2. The second-order valence-corrected chi connectivity index (χ2v) is 3.93. The first-order valence-electron chi connectivity index (χ1n) is 5.36. The number of oxazole rings is 1. The highest BCUT2D eigenvalue weighted by Crippen LogP contribution is 2.23. The van der Waals surface area contributed by atoms with Crippen LogP contribution in [-0.4, -0.2) is 20.9 Å². The zero-order valence-electron chi connectivity index (χ0n) is 9.60. The number of nitrogens with two attached hydrogens (primary N) is 1. The lowest BCUT2D eigenvalue weighted by atomic mass is 10.1. The van der Waals surface area contributed by atoms with Crippen molar-refractivity contribution in [2.75, 3.05) is 0 Å². The van der Waals surface area contributed by atoms with Crippen molar-refractivity contribution >= 4 is 17.0 Å². The fourth-order valence-corrected chi connectivity index (χ4v) is 1.80. The fraction of sp³-hybridized carbons (Fsp3) is 0.0833. The molecule has 1 aromatic carbocycles. The van der Waals surface area contributed by atoms with Gasteiger partial charge in [0.25, 0.3) is 5.91 Å². The third kappa shape index (κ3) is 1.64. The number of primary amides is 1. The highest BCUT2D eigenvalue weighted by Gasteiger charge is 2.09. The molecule has 0 saturated carbocycles. The second kappa shape index (κ2) is 3.69. The van der Waals surface area contributed by atoms with Gasteiger partial charge in [-0.05, 0) is 12.1 Å². The van der Waals surface area contributed by atoms with Crippen LogP contribution in [0.4, 0.5) is 0 Å². The van der Waals surface area contributed by atoms with Gasteiger partial charge >= 0.3 is 0 Å². The van der Waals surface area contributed by atoms with Gasteiger partial charge in [-0.15, -0.1) is 0 Å². The third-order valence-electron chi connectivity index (χ3n) is 2.62. The lowest BCUT2D eigenvalue weighted by Gasteiger charge is -1.96. The van der Waals surface area contributed by atoms with Gasteiger partial charge < -0.3 is 15.1 Å². The average Bonchev–Trinajstić information content (AvgIpc) is 2.91. The third-order valence-corrected chi connectivity index (χ3v) is 2.62. The Kier molecular flexibility index (Phi) is 2.16. The van der Waals surface area contributed by atoms with Gasteiger partial charge in [-0.2, -0.15) is 0 Å². The monoisotopic (exact) mass is 242 g/mol. The van der Waals surface area contributed by atoms with Crippen molar-refractivity contribution in [1.29, 1.82) is 0 Å². The SMILES string of the molecule is Cc1nc2ccc(-c3cnc(C(N)=O)[nH]3)cc2o1. The molecule has 3 aromatic rings. The summed E-state index contributed by atoms with van der Waals surface area (Å²) in [6.45, 7) is 1.79. The molecule has 0 unspecified atom stereocenters. The van der Waals surface area contributed by atoms with Crippen molar-refractivity contribution in [1.82, 2.24) is 15.0 Å². The van der Waals surface area contributed by atoms with E-state index in [-0.39, 0.29) is 5.82 Å². The summed E-state index contributed by atoms with van der Waals surface area (Å²) in [6, 6.07) is 5.57. The molecule has 0 fully saturated rings. The fourth-order valence-electron chi connectivity index (χ4n) is 1.80. The van der Waals surface area contributed by atoms with Crippen molar-refractivity contribution in [3.8, 4) is 11.3 Å². The van der Waals surface area contributed by atoms with E-state index in [4.69, 9.17) is 10.2 Å². The Balaban J connectivity index is 2.09. The predicted molar refractivity (Wildman–Crippen MR) is 64.8 cm³/mol. The van der Waals surface area contributed by atoms with E-state index in [1.807, 2.05) is 18.2 Å². The molecular formula is C12H10N4O2. The maximum absolute atomic E-state index is 11.0. The van der Waals surface area contributed by atoms with E-state index >= 15 is 0 Å². The first-order valence-corrected chi connectivity index (χ1v) is 5.36. The minimum absolute atomic E-state index is 0.138. The van der Waals surface area contributed by atoms with Crippen LogP contribution < -0.4 is 5.73 Å². The normalized spacial score (nSPS) is 10.9. The molecule has 18 heavy (non-hydrogen) atoms. The van der Waals surface area contributed by atoms with Crippen LogP contribution in [0.15, 0.2) is 28.8 Å². The predicted octanol–water partition coefficient (Wildman–Crippen LogP) is 1.63. The quantitative estimate of drug-likeness (QED) is 0.713. The summed E-state index contributed by atoms with van der Waals surface area (Å²) in [6.07, 6.45) is 1.56. The van der Waals surface area contributed by atoms with Crippen LogP contribution in [0, 0.1) is 6.92 Å². The molecule has 90 valence electrons. The van der Waals surface area contributed by atoms with Crippen molar-refractivity contribution < 1.29 is 9.21 Å². The molecule has 3 N–H and O–H groups in total. The highest BCUT2D eigenvalue weighted by molar-refractivity contribution is 5.90. The minimum Gasteiger partial charge on any atom is -0.441 e. The molecule has 0 radical (unpaired) electrons. The zero-order chi connectivity index (χ0) is 12.7. The maximum atomic E-state index is 11.0. The molecule has 2 heterocycles. The molecule has 0 atom stereocenters. The average molecular weight is 242 g/mol. The van der Waals surface area contributed by atoms with Crippen LogP contribution in [0.1, 0.15) is 16.5 Å². The van der Waals surface area contributed by atoms with Gasteiger partial charge in [-0.3, -0.25) is 4.79 Å². The number of rotatable bonds is 2. The topological polar surface area (TPSA) is 97.8 Å². The summed E-state index contributed by atoms with van der Waals surface area (Å²) in [7, 11) is 0. The van der Waals surface area contributed by atoms with Gasteiger partial charge in [0.15, 0.2) is 17.3 Å². The van der Waals surface area contributed by atoms with Gasteiger partial charge in [0.2, 0.25) is 0 Å². The molecule has 1 amide bonds.